The molecule has 0 bridgehead atoms. The van der Waals surface area contributed by atoms with Gasteiger partial charge in [0, 0.05) is 31.4 Å². The van der Waals surface area contributed by atoms with Crippen LogP contribution in [0.2, 0.25) is 0 Å². The first-order valence-corrected chi connectivity index (χ1v) is 7.13. The second-order valence-corrected chi connectivity index (χ2v) is 5.55. The molecule has 0 aliphatic carbocycles. The van der Waals surface area contributed by atoms with E-state index in [2.05, 4.69) is 28.6 Å². The first-order chi connectivity index (χ1) is 8.74. The molecular formula is C14H26N4. The average Bonchev–Trinajstić information content (AvgIpc) is 2.76. The van der Waals surface area contributed by atoms with E-state index in [1.54, 1.807) is 0 Å². The number of aromatic nitrogens is 2. The minimum atomic E-state index is 0.769. The van der Waals surface area contributed by atoms with Crippen LogP contribution in [-0.2, 0) is 13.6 Å². The lowest BCUT2D eigenvalue weighted by atomic mass is 10.0. The van der Waals surface area contributed by atoms with E-state index in [4.69, 9.17) is 0 Å². The third kappa shape index (κ3) is 4.42. The van der Waals surface area contributed by atoms with E-state index in [0.717, 1.165) is 12.6 Å². The molecule has 1 aliphatic rings. The molecule has 1 aromatic rings. The summed E-state index contributed by atoms with van der Waals surface area (Å²) in [5, 5.41) is 7.82. The van der Waals surface area contributed by atoms with Gasteiger partial charge in [0.2, 0.25) is 0 Å². The highest BCUT2D eigenvalue weighted by atomic mass is 15.2. The molecule has 4 heteroatoms. The van der Waals surface area contributed by atoms with Gasteiger partial charge >= 0.3 is 0 Å². The Balaban J connectivity index is 1.60. The number of aryl methyl sites for hydroxylation is 1. The van der Waals surface area contributed by atoms with Crippen molar-refractivity contribution in [3.63, 3.8) is 0 Å². The van der Waals surface area contributed by atoms with Crippen LogP contribution in [0.15, 0.2) is 12.4 Å². The van der Waals surface area contributed by atoms with Crippen molar-refractivity contribution in [2.75, 3.05) is 20.1 Å². The third-order valence-electron chi connectivity index (χ3n) is 3.72. The normalized spacial score (nSPS) is 20.5. The van der Waals surface area contributed by atoms with E-state index in [0.29, 0.717) is 0 Å². The van der Waals surface area contributed by atoms with Gasteiger partial charge in [-0.15, -0.1) is 0 Å². The Labute approximate surface area is 110 Å². The molecule has 1 N–H and O–H groups in total. The molecule has 0 amide bonds. The number of hydrogen-bond acceptors (Lipinski definition) is 3. The topological polar surface area (TPSA) is 33.1 Å². The van der Waals surface area contributed by atoms with Crippen molar-refractivity contribution in [1.29, 1.82) is 0 Å². The van der Waals surface area contributed by atoms with Crippen molar-refractivity contribution < 1.29 is 0 Å². The maximum atomic E-state index is 4.20. The fraction of sp³-hybridized carbons (Fsp3) is 0.786. The van der Waals surface area contributed by atoms with E-state index in [1.807, 2.05) is 17.9 Å². The number of nitrogens with zero attached hydrogens (tertiary/aromatic N) is 3. The van der Waals surface area contributed by atoms with Crippen molar-refractivity contribution in [2.24, 2.45) is 7.05 Å². The highest BCUT2D eigenvalue weighted by Gasteiger charge is 2.12. The molecule has 2 rings (SSSR count). The maximum Gasteiger partial charge on any atom is 0.0534 e. The fourth-order valence-corrected chi connectivity index (χ4v) is 2.72. The van der Waals surface area contributed by atoms with Gasteiger partial charge in [0.15, 0.2) is 0 Å². The van der Waals surface area contributed by atoms with Crippen molar-refractivity contribution in [1.82, 2.24) is 20.0 Å². The van der Waals surface area contributed by atoms with Crippen molar-refractivity contribution >= 4 is 0 Å². The molecule has 1 fully saturated rings. The standard InChI is InChI=1S/C14H26N4/c1-17(11-13-10-16-18(2)12-13)9-5-7-14-6-3-4-8-15-14/h10,12,14-15H,3-9,11H2,1-2H3. The summed E-state index contributed by atoms with van der Waals surface area (Å²) < 4.78 is 1.87. The molecule has 1 atom stereocenters. The first kappa shape index (κ1) is 13.6. The second kappa shape index (κ2) is 6.90. The molecule has 4 nitrogen and oxygen atoms in total. The highest BCUT2D eigenvalue weighted by Crippen LogP contribution is 2.12. The van der Waals surface area contributed by atoms with Gasteiger partial charge in [0.25, 0.3) is 0 Å². The Bertz CT molecular complexity index is 341. The van der Waals surface area contributed by atoms with Crippen LogP contribution >= 0.6 is 0 Å². The van der Waals surface area contributed by atoms with Gasteiger partial charge in [-0.3, -0.25) is 4.68 Å². The molecule has 1 unspecified atom stereocenters. The molecule has 1 aromatic heterocycles. The van der Waals surface area contributed by atoms with E-state index < -0.39 is 0 Å². The Morgan fingerprint density at radius 2 is 2.39 bits per heavy atom. The monoisotopic (exact) mass is 250 g/mol. The first-order valence-electron chi connectivity index (χ1n) is 7.13. The van der Waals surface area contributed by atoms with Gasteiger partial charge in [-0.25, -0.2) is 0 Å². The predicted octanol–water partition coefficient (Wildman–Crippen LogP) is 1.77. The number of piperidine rings is 1. The molecular weight excluding hydrogens is 224 g/mol. The van der Waals surface area contributed by atoms with E-state index in [1.165, 1.54) is 50.8 Å². The van der Waals surface area contributed by atoms with Crippen LogP contribution in [0.4, 0.5) is 0 Å². The van der Waals surface area contributed by atoms with Gasteiger partial charge in [-0.05, 0) is 45.8 Å². The highest BCUT2D eigenvalue weighted by molar-refractivity contribution is 5.02. The van der Waals surface area contributed by atoms with Crippen LogP contribution < -0.4 is 5.32 Å². The summed E-state index contributed by atoms with van der Waals surface area (Å²) in [5.74, 6) is 0. The molecule has 0 radical (unpaired) electrons. The SMILES string of the molecule is CN(CCCC1CCCCN1)Cc1cnn(C)c1. The molecule has 18 heavy (non-hydrogen) atoms. The zero-order chi connectivity index (χ0) is 12.8. The Morgan fingerprint density at radius 3 is 3.06 bits per heavy atom. The van der Waals surface area contributed by atoms with Crippen LogP contribution in [0, 0.1) is 0 Å². The van der Waals surface area contributed by atoms with E-state index in [-0.39, 0.29) is 0 Å². The lowest BCUT2D eigenvalue weighted by Crippen LogP contribution is -2.34. The molecule has 102 valence electrons. The smallest absolute Gasteiger partial charge is 0.0534 e. The summed E-state index contributed by atoms with van der Waals surface area (Å²) in [7, 11) is 4.17. The predicted molar refractivity (Wildman–Crippen MR) is 74.4 cm³/mol. The molecule has 1 aliphatic heterocycles. The minimum Gasteiger partial charge on any atom is -0.314 e. The molecule has 0 saturated carbocycles. The zero-order valence-corrected chi connectivity index (χ0v) is 11.7. The summed E-state index contributed by atoms with van der Waals surface area (Å²) in [6.07, 6.45) is 10.8. The molecule has 1 saturated heterocycles. The summed E-state index contributed by atoms with van der Waals surface area (Å²) >= 11 is 0. The average molecular weight is 250 g/mol. The van der Waals surface area contributed by atoms with Crippen LogP contribution in [0.1, 0.15) is 37.7 Å². The van der Waals surface area contributed by atoms with Gasteiger partial charge < -0.3 is 10.2 Å². The molecule has 2 heterocycles. The van der Waals surface area contributed by atoms with Crippen molar-refractivity contribution in [2.45, 2.75) is 44.7 Å². The largest absolute Gasteiger partial charge is 0.314 e. The Morgan fingerprint density at radius 1 is 1.50 bits per heavy atom. The summed E-state index contributed by atoms with van der Waals surface area (Å²) in [4.78, 5) is 2.39. The Kier molecular flexibility index (Phi) is 5.20. The van der Waals surface area contributed by atoms with Crippen LogP contribution in [0.25, 0.3) is 0 Å². The van der Waals surface area contributed by atoms with Crippen molar-refractivity contribution in [3.05, 3.63) is 18.0 Å². The molecule has 0 aromatic carbocycles. The lowest BCUT2D eigenvalue weighted by molar-refractivity contribution is 0.297. The Hall–Kier alpha value is -0.870. The van der Waals surface area contributed by atoms with Gasteiger partial charge in [0.05, 0.1) is 6.20 Å². The summed E-state index contributed by atoms with van der Waals surface area (Å²) in [5.41, 5.74) is 1.30. The third-order valence-corrected chi connectivity index (χ3v) is 3.72. The van der Waals surface area contributed by atoms with Crippen LogP contribution in [0.3, 0.4) is 0 Å². The van der Waals surface area contributed by atoms with Crippen LogP contribution in [0.5, 0.6) is 0 Å². The van der Waals surface area contributed by atoms with Crippen molar-refractivity contribution in [3.8, 4) is 0 Å². The van der Waals surface area contributed by atoms with Gasteiger partial charge in [0.1, 0.15) is 0 Å². The minimum absolute atomic E-state index is 0.769. The quantitative estimate of drug-likeness (QED) is 0.835. The maximum absolute atomic E-state index is 4.20. The van der Waals surface area contributed by atoms with Crippen LogP contribution in [-0.4, -0.2) is 40.9 Å². The lowest BCUT2D eigenvalue weighted by Gasteiger charge is -2.24. The van der Waals surface area contributed by atoms with E-state index in [9.17, 15) is 0 Å². The van der Waals surface area contributed by atoms with E-state index >= 15 is 0 Å². The molecule has 0 spiro atoms. The fourth-order valence-electron chi connectivity index (χ4n) is 2.72. The zero-order valence-electron chi connectivity index (χ0n) is 11.7. The van der Waals surface area contributed by atoms with Gasteiger partial charge in [-0.1, -0.05) is 6.42 Å². The summed E-state index contributed by atoms with van der Waals surface area (Å²) in [6, 6.07) is 0.769. The second-order valence-electron chi connectivity index (χ2n) is 5.55. The number of nitrogens with one attached hydrogen (secondary N) is 1. The summed E-state index contributed by atoms with van der Waals surface area (Å²) in [6.45, 7) is 3.40. The number of hydrogen-bond donors (Lipinski definition) is 1. The van der Waals surface area contributed by atoms with Gasteiger partial charge in [-0.2, -0.15) is 5.10 Å². The number of rotatable bonds is 6.